The molecule has 0 unspecified atom stereocenters. The first-order chi connectivity index (χ1) is 13.2. The van der Waals surface area contributed by atoms with E-state index in [1.807, 2.05) is 19.1 Å². The Bertz CT molecular complexity index is 838. The Hall–Kier alpha value is -3.06. The van der Waals surface area contributed by atoms with Crippen molar-refractivity contribution in [1.29, 1.82) is 0 Å². The number of benzene rings is 2. The molecule has 2 aromatic carbocycles. The number of urea groups is 1. The van der Waals surface area contributed by atoms with Gasteiger partial charge in [0.1, 0.15) is 0 Å². The molecule has 2 rings (SSSR count). The van der Waals surface area contributed by atoms with E-state index in [-0.39, 0.29) is 6.42 Å². The summed E-state index contributed by atoms with van der Waals surface area (Å²) in [4.78, 5) is 35.7. The van der Waals surface area contributed by atoms with E-state index in [1.54, 1.807) is 36.4 Å². The molecule has 0 saturated carbocycles. The van der Waals surface area contributed by atoms with Crippen LogP contribution in [0.4, 0.5) is 10.5 Å². The van der Waals surface area contributed by atoms with Gasteiger partial charge in [0, 0.05) is 10.7 Å². The number of amides is 3. The van der Waals surface area contributed by atoms with Gasteiger partial charge in [-0.05, 0) is 43.7 Å². The number of carbonyl (C=O) groups excluding carboxylic acids is 3. The van der Waals surface area contributed by atoms with E-state index in [2.05, 4.69) is 10.6 Å². The Morgan fingerprint density at radius 2 is 1.68 bits per heavy atom. The molecular formula is C20H22ClN3O4. The summed E-state index contributed by atoms with van der Waals surface area (Å²) in [5, 5.41) is 5.68. The SMILES string of the molecule is Cc1ccc(NC(=O)[C@H](C)OC(=O)C[C@@H](NC(N)=O)c2ccc(Cl)cc2)cc1. The van der Waals surface area contributed by atoms with E-state index >= 15 is 0 Å². The van der Waals surface area contributed by atoms with Crippen LogP contribution in [0.15, 0.2) is 48.5 Å². The van der Waals surface area contributed by atoms with E-state index < -0.39 is 30.1 Å². The van der Waals surface area contributed by atoms with Gasteiger partial charge in [-0.2, -0.15) is 0 Å². The van der Waals surface area contributed by atoms with Crippen molar-refractivity contribution in [2.45, 2.75) is 32.4 Å². The highest BCUT2D eigenvalue weighted by Crippen LogP contribution is 2.20. The predicted octanol–water partition coefficient (Wildman–Crippen LogP) is 3.32. The van der Waals surface area contributed by atoms with Crippen LogP contribution in [0.2, 0.25) is 5.02 Å². The van der Waals surface area contributed by atoms with Crippen molar-refractivity contribution in [2.75, 3.05) is 5.32 Å². The van der Waals surface area contributed by atoms with E-state index in [9.17, 15) is 14.4 Å². The molecule has 28 heavy (non-hydrogen) atoms. The summed E-state index contributed by atoms with van der Waals surface area (Å²) in [6.45, 7) is 3.41. The molecule has 8 heteroatoms. The molecule has 0 aliphatic rings. The van der Waals surface area contributed by atoms with Crippen LogP contribution in [-0.4, -0.2) is 24.0 Å². The lowest BCUT2D eigenvalue weighted by Crippen LogP contribution is -2.36. The predicted molar refractivity (Wildman–Crippen MR) is 107 cm³/mol. The molecule has 0 bridgehead atoms. The minimum Gasteiger partial charge on any atom is -0.452 e. The molecule has 2 atom stereocenters. The first-order valence-corrected chi connectivity index (χ1v) is 9.01. The summed E-state index contributed by atoms with van der Waals surface area (Å²) in [5.74, 6) is -1.11. The minimum absolute atomic E-state index is 0.188. The lowest BCUT2D eigenvalue weighted by molar-refractivity contribution is -0.153. The van der Waals surface area contributed by atoms with Crippen molar-refractivity contribution in [3.63, 3.8) is 0 Å². The largest absolute Gasteiger partial charge is 0.452 e. The molecule has 0 saturated heterocycles. The molecule has 4 N–H and O–H groups in total. The van der Waals surface area contributed by atoms with Gasteiger partial charge >= 0.3 is 12.0 Å². The zero-order valence-electron chi connectivity index (χ0n) is 15.6. The normalized spacial score (nSPS) is 12.5. The van der Waals surface area contributed by atoms with Crippen molar-refractivity contribution in [1.82, 2.24) is 5.32 Å². The van der Waals surface area contributed by atoms with Gasteiger partial charge in [0.05, 0.1) is 12.5 Å². The number of hydrogen-bond donors (Lipinski definition) is 3. The highest BCUT2D eigenvalue weighted by molar-refractivity contribution is 6.30. The fourth-order valence-electron chi connectivity index (χ4n) is 2.47. The summed E-state index contributed by atoms with van der Waals surface area (Å²) in [6, 6.07) is 12.4. The smallest absolute Gasteiger partial charge is 0.312 e. The van der Waals surface area contributed by atoms with Gasteiger partial charge < -0.3 is 21.1 Å². The van der Waals surface area contributed by atoms with E-state index in [0.29, 0.717) is 16.3 Å². The van der Waals surface area contributed by atoms with Crippen LogP contribution in [-0.2, 0) is 14.3 Å². The Labute approximate surface area is 168 Å². The molecule has 7 nitrogen and oxygen atoms in total. The van der Waals surface area contributed by atoms with Crippen LogP contribution in [0.5, 0.6) is 0 Å². The highest BCUT2D eigenvalue weighted by Gasteiger charge is 2.23. The summed E-state index contributed by atoms with van der Waals surface area (Å²) in [5.41, 5.74) is 7.49. The van der Waals surface area contributed by atoms with Gasteiger partial charge in [-0.25, -0.2) is 4.79 Å². The maximum atomic E-state index is 12.3. The topological polar surface area (TPSA) is 111 Å². The van der Waals surface area contributed by atoms with Gasteiger partial charge in [0.2, 0.25) is 0 Å². The summed E-state index contributed by atoms with van der Waals surface area (Å²) in [7, 11) is 0. The molecule has 2 aromatic rings. The second-order valence-electron chi connectivity index (χ2n) is 6.30. The van der Waals surface area contributed by atoms with Crippen LogP contribution in [0, 0.1) is 6.92 Å². The number of rotatable bonds is 7. The third-order valence-corrected chi connectivity index (χ3v) is 4.21. The summed E-state index contributed by atoms with van der Waals surface area (Å²) < 4.78 is 5.20. The summed E-state index contributed by atoms with van der Waals surface area (Å²) >= 11 is 5.86. The van der Waals surface area contributed by atoms with Gasteiger partial charge in [-0.1, -0.05) is 41.4 Å². The average Bonchev–Trinajstić information content (AvgIpc) is 2.63. The second-order valence-corrected chi connectivity index (χ2v) is 6.74. The van der Waals surface area contributed by atoms with Gasteiger partial charge in [-0.15, -0.1) is 0 Å². The van der Waals surface area contributed by atoms with Crippen LogP contribution in [0.3, 0.4) is 0 Å². The molecule has 0 aromatic heterocycles. The Kier molecular flexibility index (Phi) is 7.40. The fraction of sp³-hybridized carbons (Fsp3) is 0.250. The number of esters is 1. The minimum atomic E-state index is -1.01. The molecule has 0 aliphatic carbocycles. The Morgan fingerprint density at radius 1 is 1.07 bits per heavy atom. The van der Waals surface area contributed by atoms with Crippen molar-refractivity contribution in [3.8, 4) is 0 Å². The number of ether oxygens (including phenoxy) is 1. The number of nitrogens with two attached hydrogens (primary N) is 1. The van der Waals surface area contributed by atoms with Crippen LogP contribution < -0.4 is 16.4 Å². The van der Waals surface area contributed by atoms with Gasteiger partial charge in [0.25, 0.3) is 5.91 Å². The van der Waals surface area contributed by atoms with Crippen molar-refractivity contribution < 1.29 is 19.1 Å². The zero-order chi connectivity index (χ0) is 20.7. The third kappa shape index (κ3) is 6.59. The molecule has 0 spiro atoms. The third-order valence-electron chi connectivity index (χ3n) is 3.96. The molecular weight excluding hydrogens is 382 g/mol. The number of hydrogen-bond acceptors (Lipinski definition) is 4. The molecule has 3 amide bonds. The second kappa shape index (κ2) is 9.75. The number of aryl methyl sites for hydroxylation is 1. The lowest BCUT2D eigenvalue weighted by atomic mass is 10.0. The van der Waals surface area contributed by atoms with Crippen molar-refractivity contribution in [3.05, 3.63) is 64.7 Å². The Morgan fingerprint density at radius 3 is 2.25 bits per heavy atom. The number of nitrogens with one attached hydrogen (secondary N) is 2. The Balaban J connectivity index is 1.96. The van der Waals surface area contributed by atoms with E-state index in [1.165, 1.54) is 6.92 Å². The maximum absolute atomic E-state index is 12.3. The molecule has 0 aliphatic heterocycles. The molecule has 0 fully saturated rings. The van der Waals surface area contributed by atoms with Crippen LogP contribution >= 0.6 is 11.6 Å². The van der Waals surface area contributed by atoms with E-state index in [0.717, 1.165) is 5.56 Å². The standard InChI is InChI=1S/C20H22ClN3O4/c1-12-3-9-16(10-4-12)23-19(26)13(2)28-18(25)11-17(24-20(22)27)14-5-7-15(21)8-6-14/h3-10,13,17H,11H2,1-2H3,(H,23,26)(H3,22,24,27)/t13-,17+/m0/s1. The maximum Gasteiger partial charge on any atom is 0.312 e. The lowest BCUT2D eigenvalue weighted by Gasteiger charge is -2.19. The molecule has 0 radical (unpaired) electrons. The first kappa shape index (κ1) is 21.2. The molecule has 148 valence electrons. The quantitative estimate of drug-likeness (QED) is 0.616. The van der Waals surface area contributed by atoms with Gasteiger partial charge in [-0.3, -0.25) is 9.59 Å². The number of primary amides is 1. The highest BCUT2D eigenvalue weighted by atomic mass is 35.5. The van der Waals surface area contributed by atoms with Crippen molar-refractivity contribution >= 4 is 35.2 Å². The first-order valence-electron chi connectivity index (χ1n) is 8.63. The van der Waals surface area contributed by atoms with Crippen molar-refractivity contribution in [2.24, 2.45) is 5.73 Å². The number of anilines is 1. The average molecular weight is 404 g/mol. The monoisotopic (exact) mass is 403 g/mol. The number of halogens is 1. The van der Waals surface area contributed by atoms with Gasteiger partial charge in [0.15, 0.2) is 6.10 Å². The van der Waals surface area contributed by atoms with Crippen LogP contribution in [0.25, 0.3) is 0 Å². The zero-order valence-corrected chi connectivity index (χ0v) is 16.3. The fourth-order valence-corrected chi connectivity index (χ4v) is 2.59. The van der Waals surface area contributed by atoms with Crippen LogP contribution in [0.1, 0.15) is 30.5 Å². The summed E-state index contributed by atoms with van der Waals surface area (Å²) in [6.07, 6.45) is -1.19. The van der Waals surface area contributed by atoms with E-state index in [4.69, 9.17) is 22.1 Å². The number of carbonyl (C=O) groups is 3. The molecule has 0 heterocycles.